The van der Waals surface area contributed by atoms with Crippen LogP contribution in [0.1, 0.15) is 48.9 Å². The van der Waals surface area contributed by atoms with Crippen LogP contribution in [0.15, 0.2) is 5.03 Å². The van der Waals surface area contributed by atoms with Crippen LogP contribution in [0.25, 0.3) is 10.2 Å². The minimum atomic E-state index is -0.740. The van der Waals surface area contributed by atoms with Crippen molar-refractivity contribution in [2.75, 3.05) is 5.75 Å². The minimum Gasteiger partial charge on any atom is -0.337 e. The van der Waals surface area contributed by atoms with Crippen molar-refractivity contribution in [3.63, 3.8) is 0 Å². The van der Waals surface area contributed by atoms with E-state index >= 15 is 0 Å². The van der Waals surface area contributed by atoms with Gasteiger partial charge in [0.25, 0.3) is 0 Å². The summed E-state index contributed by atoms with van der Waals surface area (Å²) < 4.78 is 0. The molecule has 0 spiro atoms. The molecule has 2 aromatic rings. The fourth-order valence-corrected chi connectivity index (χ4v) is 5.94. The number of nitrogens with one attached hydrogen (secondary N) is 1. The quantitative estimate of drug-likeness (QED) is 0.625. The van der Waals surface area contributed by atoms with Gasteiger partial charge in [-0.25, -0.2) is 9.97 Å². The number of aromatic nitrogens is 2. The summed E-state index contributed by atoms with van der Waals surface area (Å²) in [6.07, 6.45) is 6.69. The van der Waals surface area contributed by atoms with Gasteiger partial charge in [0.1, 0.15) is 21.2 Å². The minimum absolute atomic E-state index is 0.0977. The molecule has 0 radical (unpaired) electrons. The third kappa shape index (κ3) is 3.33. The molecule has 0 bridgehead atoms. The monoisotopic (exact) mass is 386 g/mol. The Bertz CT molecular complexity index is 912. The first kappa shape index (κ1) is 17.7. The van der Waals surface area contributed by atoms with Gasteiger partial charge in [0, 0.05) is 10.3 Å². The van der Waals surface area contributed by atoms with Crippen LogP contribution < -0.4 is 5.32 Å². The molecule has 1 atom stereocenters. The van der Waals surface area contributed by atoms with Crippen LogP contribution in [0.3, 0.4) is 0 Å². The van der Waals surface area contributed by atoms with E-state index in [-0.39, 0.29) is 11.7 Å². The number of hydrogen-bond donors (Lipinski definition) is 1. The number of rotatable bonds is 5. The fourth-order valence-electron chi connectivity index (χ4n) is 3.67. The first-order valence-electron chi connectivity index (χ1n) is 9.14. The number of carbonyl (C=O) groups is 1. The average molecular weight is 387 g/mol. The van der Waals surface area contributed by atoms with Crippen LogP contribution >= 0.6 is 23.1 Å². The number of aryl methyl sites for hydroxylation is 3. The summed E-state index contributed by atoms with van der Waals surface area (Å²) in [4.78, 5) is 24.2. The second-order valence-corrected chi connectivity index (χ2v) is 9.44. The van der Waals surface area contributed by atoms with E-state index < -0.39 is 5.54 Å². The van der Waals surface area contributed by atoms with Gasteiger partial charge < -0.3 is 5.32 Å². The molecule has 0 aliphatic heterocycles. The van der Waals surface area contributed by atoms with Crippen molar-refractivity contribution in [3.05, 3.63) is 16.3 Å². The van der Waals surface area contributed by atoms with Gasteiger partial charge in [-0.15, -0.1) is 11.3 Å². The van der Waals surface area contributed by atoms with E-state index in [9.17, 15) is 10.1 Å². The van der Waals surface area contributed by atoms with Crippen molar-refractivity contribution in [2.24, 2.45) is 5.92 Å². The largest absolute Gasteiger partial charge is 0.337 e. The lowest BCUT2D eigenvalue weighted by molar-refractivity contribution is -0.119. The maximum absolute atomic E-state index is 12.4. The van der Waals surface area contributed by atoms with Crippen molar-refractivity contribution in [3.8, 4) is 6.07 Å². The SMILES string of the molecule is Cc1nc(SCC(=O)N[C@@](C)(C#N)C2CC2)c2c3c(sc2n1)CCCC3. The molecule has 2 aliphatic rings. The van der Waals surface area contributed by atoms with E-state index in [1.54, 1.807) is 11.3 Å². The van der Waals surface area contributed by atoms with Crippen molar-refractivity contribution < 1.29 is 4.79 Å². The van der Waals surface area contributed by atoms with Crippen LogP contribution in [0.5, 0.6) is 0 Å². The Hall–Kier alpha value is -1.65. The van der Waals surface area contributed by atoms with Gasteiger partial charge in [0.05, 0.1) is 11.8 Å². The van der Waals surface area contributed by atoms with E-state index in [4.69, 9.17) is 0 Å². The van der Waals surface area contributed by atoms with Gasteiger partial charge in [-0.05, 0) is 63.9 Å². The predicted molar refractivity (Wildman–Crippen MR) is 104 cm³/mol. The fraction of sp³-hybridized carbons (Fsp3) is 0.579. The molecule has 4 rings (SSSR count). The summed E-state index contributed by atoms with van der Waals surface area (Å²) in [6.45, 7) is 3.73. The first-order chi connectivity index (χ1) is 12.5. The van der Waals surface area contributed by atoms with Crippen molar-refractivity contribution in [1.82, 2.24) is 15.3 Å². The van der Waals surface area contributed by atoms with Gasteiger partial charge in [0.2, 0.25) is 5.91 Å². The Morgan fingerprint density at radius 1 is 1.38 bits per heavy atom. The maximum atomic E-state index is 12.4. The number of nitriles is 1. The number of amides is 1. The van der Waals surface area contributed by atoms with Gasteiger partial charge in [-0.2, -0.15) is 5.26 Å². The summed E-state index contributed by atoms with van der Waals surface area (Å²) in [5, 5.41) is 14.4. The molecule has 1 N–H and O–H groups in total. The average Bonchev–Trinajstić information content (AvgIpc) is 3.41. The van der Waals surface area contributed by atoms with Gasteiger partial charge in [0.15, 0.2) is 0 Å². The van der Waals surface area contributed by atoms with Crippen LogP contribution in [0, 0.1) is 24.2 Å². The van der Waals surface area contributed by atoms with Crippen LogP contribution in [-0.4, -0.2) is 27.2 Å². The molecule has 1 saturated carbocycles. The van der Waals surface area contributed by atoms with Gasteiger partial charge in [-0.1, -0.05) is 11.8 Å². The molecule has 2 aliphatic carbocycles. The highest BCUT2D eigenvalue weighted by Gasteiger charge is 2.43. The smallest absolute Gasteiger partial charge is 0.231 e. The molecule has 5 nitrogen and oxygen atoms in total. The summed E-state index contributed by atoms with van der Waals surface area (Å²) in [5.74, 6) is 1.22. The van der Waals surface area contributed by atoms with Crippen LogP contribution in [-0.2, 0) is 17.6 Å². The maximum Gasteiger partial charge on any atom is 0.231 e. The van der Waals surface area contributed by atoms with Crippen LogP contribution in [0.4, 0.5) is 0 Å². The van der Waals surface area contributed by atoms with Crippen molar-refractivity contribution in [2.45, 2.75) is 62.9 Å². The number of nitrogens with zero attached hydrogens (tertiary/aromatic N) is 3. The number of carbonyl (C=O) groups excluding carboxylic acids is 1. The van der Waals surface area contributed by atoms with E-state index in [1.807, 2.05) is 13.8 Å². The Morgan fingerprint density at radius 2 is 2.15 bits per heavy atom. The Balaban J connectivity index is 1.54. The second kappa shape index (κ2) is 6.82. The lowest BCUT2D eigenvalue weighted by atomic mass is 9.97. The third-order valence-electron chi connectivity index (χ3n) is 5.26. The Morgan fingerprint density at radius 3 is 2.88 bits per heavy atom. The first-order valence-corrected chi connectivity index (χ1v) is 10.9. The Kier molecular flexibility index (Phi) is 4.66. The number of thioether (sulfide) groups is 1. The standard InChI is InChI=1S/C19H22N4OS2/c1-11-21-17(16-13-5-3-4-6-14(13)26-18(16)22-11)25-9-15(24)23-19(2,10-20)12-7-8-12/h12H,3-9H2,1-2H3,(H,23,24)/t19-/m0/s1. The Labute approximate surface area is 161 Å². The van der Waals surface area contributed by atoms with E-state index in [0.29, 0.717) is 5.92 Å². The summed E-state index contributed by atoms with van der Waals surface area (Å²) in [7, 11) is 0. The number of fused-ring (bicyclic) bond motifs is 3. The third-order valence-corrected chi connectivity index (χ3v) is 7.42. The van der Waals surface area contributed by atoms with E-state index in [1.165, 1.54) is 35.0 Å². The van der Waals surface area contributed by atoms with E-state index in [2.05, 4.69) is 21.4 Å². The molecule has 136 valence electrons. The highest BCUT2D eigenvalue weighted by molar-refractivity contribution is 8.00. The van der Waals surface area contributed by atoms with Crippen LogP contribution in [0.2, 0.25) is 0 Å². The van der Waals surface area contributed by atoms with E-state index in [0.717, 1.165) is 46.8 Å². The zero-order valence-corrected chi connectivity index (χ0v) is 16.7. The summed E-state index contributed by atoms with van der Waals surface area (Å²) in [6, 6.07) is 2.28. The lowest BCUT2D eigenvalue weighted by Crippen LogP contribution is -2.47. The molecular weight excluding hydrogens is 364 g/mol. The van der Waals surface area contributed by atoms with Crippen molar-refractivity contribution >= 4 is 39.2 Å². The molecule has 1 fully saturated rings. The summed E-state index contributed by atoms with van der Waals surface area (Å²) in [5.41, 5.74) is 0.648. The molecular formula is C19H22N4OS2. The lowest BCUT2D eigenvalue weighted by Gasteiger charge is -2.22. The highest BCUT2D eigenvalue weighted by atomic mass is 32.2. The van der Waals surface area contributed by atoms with Gasteiger partial charge in [-0.3, -0.25) is 4.79 Å². The zero-order valence-electron chi connectivity index (χ0n) is 15.1. The molecule has 7 heteroatoms. The molecule has 2 heterocycles. The second-order valence-electron chi connectivity index (χ2n) is 7.39. The van der Waals surface area contributed by atoms with Crippen molar-refractivity contribution in [1.29, 1.82) is 5.26 Å². The molecule has 0 unspecified atom stereocenters. The predicted octanol–water partition coefficient (Wildman–Crippen LogP) is 3.78. The molecule has 1 amide bonds. The number of thiophene rings is 1. The topological polar surface area (TPSA) is 78.7 Å². The molecule has 0 saturated heterocycles. The molecule has 2 aromatic heterocycles. The molecule has 26 heavy (non-hydrogen) atoms. The highest BCUT2D eigenvalue weighted by Crippen LogP contribution is 2.40. The van der Waals surface area contributed by atoms with Gasteiger partial charge >= 0.3 is 0 Å². The number of hydrogen-bond acceptors (Lipinski definition) is 6. The molecule has 0 aromatic carbocycles. The zero-order chi connectivity index (χ0) is 18.3. The summed E-state index contributed by atoms with van der Waals surface area (Å²) >= 11 is 3.25. The normalized spacial score (nSPS) is 18.8.